The smallest absolute Gasteiger partial charge is 0.328 e. The monoisotopic (exact) mass is 594 g/mol. The van der Waals surface area contributed by atoms with Crippen molar-refractivity contribution in [2.24, 2.45) is 0 Å². The summed E-state index contributed by atoms with van der Waals surface area (Å²) in [6, 6.07) is 23.5. The molecule has 1 aliphatic heterocycles. The van der Waals surface area contributed by atoms with Gasteiger partial charge < -0.3 is 35.1 Å². The van der Waals surface area contributed by atoms with Crippen LogP contribution >= 0.6 is 11.8 Å². The topological polar surface area (TPSA) is 126 Å². The van der Waals surface area contributed by atoms with Crippen LogP contribution in [-0.4, -0.2) is 59.6 Å². The highest BCUT2D eigenvalue weighted by Gasteiger charge is 2.32. The van der Waals surface area contributed by atoms with Crippen LogP contribution < -0.4 is 10.6 Å². The van der Waals surface area contributed by atoms with E-state index in [2.05, 4.69) is 10.6 Å². The lowest BCUT2D eigenvalue weighted by Crippen LogP contribution is -2.47. The number of carbonyl (C=O) groups excluding carboxylic acids is 2. The van der Waals surface area contributed by atoms with Crippen molar-refractivity contribution in [3.05, 3.63) is 107 Å². The van der Waals surface area contributed by atoms with Crippen molar-refractivity contribution in [1.29, 1.82) is 0 Å². The van der Waals surface area contributed by atoms with E-state index in [0.717, 1.165) is 33.6 Å². The van der Waals surface area contributed by atoms with E-state index in [1.807, 2.05) is 78.9 Å². The van der Waals surface area contributed by atoms with E-state index >= 15 is 0 Å². The number of aliphatic hydroxyl groups excluding tert-OH is 2. The van der Waals surface area contributed by atoms with Crippen LogP contribution in [0.15, 0.2) is 78.9 Å². The summed E-state index contributed by atoms with van der Waals surface area (Å²) in [5.74, 6) is 0.865. The number of nitrogens with one attached hydrogen (secondary N) is 2. The fraction of sp³-hybridized carbons (Fsp3) is 0.375. The molecule has 0 spiro atoms. The van der Waals surface area contributed by atoms with E-state index in [0.29, 0.717) is 18.6 Å². The van der Waals surface area contributed by atoms with Crippen molar-refractivity contribution in [2.45, 2.75) is 50.5 Å². The lowest BCUT2D eigenvalue weighted by molar-refractivity contribution is -0.245. The molecule has 1 aliphatic rings. The molecule has 2 amide bonds. The van der Waals surface area contributed by atoms with Crippen LogP contribution in [-0.2, 0) is 38.6 Å². The van der Waals surface area contributed by atoms with E-state index < -0.39 is 24.3 Å². The Morgan fingerprint density at radius 3 is 2.29 bits per heavy atom. The molecule has 4 rings (SSSR count). The largest absolute Gasteiger partial charge is 0.467 e. The molecule has 0 saturated carbocycles. The first-order valence-corrected chi connectivity index (χ1v) is 15.1. The minimum atomic E-state index is -0.809. The molecule has 1 heterocycles. The van der Waals surface area contributed by atoms with E-state index in [9.17, 15) is 19.8 Å². The number of ether oxygens (including phenoxy) is 3. The highest BCUT2D eigenvalue weighted by molar-refractivity contribution is 7.99. The van der Waals surface area contributed by atoms with Crippen molar-refractivity contribution in [3.8, 4) is 0 Å². The maximum Gasteiger partial charge on any atom is 0.328 e. The quantitative estimate of drug-likeness (QED) is 0.173. The van der Waals surface area contributed by atoms with Gasteiger partial charge in [0, 0.05) is 36.5 Å². The highest BCUT2D eigenvalue weighted by atomic mass is 32.2. The number of esters is 1. The molecule has 10 heteroatoms. The Morgan fingerprint density at radius 1 is 0.929 bits per heavy atom. The Morgan fingerprint density at radius 2 is 1.62 bits per heavy atom. The number of hydrogen-bond acceptors (Lipinski definition) is 8. The third-order valence-corrected chi connectivity index (χ3v) is 8.01. The van der Waals surface area contributed by atoms with E-state index in [-0.39, 0.29) is 32.0 Å². The van der Waals surface area contributed by atoms with Crippen molar-refractivity contribution in [1.82, 2.24) is 10.6 Å². The number of methoxy groups -OCH3 is 1. The molecule has 1 fully saturated rings. The molecule has 9 nitrogen and oxygen atoms in total. The van der Waals surface area contributed by atoms with Gasteiger partial charge in [-0.2, -0.15) is 11.8 Å². The SMILES string of the molecule is COC(=O)[C@H](Cc1ccccc1)NC(=O)NCc1ccc([C@H]2O[C@@H](CSCCO)C[C@@H](c3ccc(CO)cc3)O2)cc1. The molecule has 0 aliphatic carbocycles. The second kappa shape index (κ2) is 16.3. The van der Waals surface area contributed by atoms with E-state index in [4.69, 9.17) is 14.2 Å². The number of benzene rings is 3. The molecular formula is C32H38N2O7S. The normalized spacial score (nSPS) is 19.1. The van der Waals surface area contributed by atoms with Crippen LogP contribution in [0.1, 0.15) is 46.6 Å². The van der Waals surface area contributed by atoms with Gasteiger partial charge in [-0.25, -0.2) is 9.59 Å². The van der Waals surface area contributed by atoms with Gasteiger partial charge in [0.1, 0.15) is 6.04 Å². The summed E-state index contributed by atoms with van der Waals surface area (Å²) < 4.78 is 17.5. The molecule has 0 bridgehead atoms. The standard InChI is InChI=1S/C32H38N2O7S/c1-39-30(37)28(17-22-5-3-2-4-6-22)34-32(38)33-19-23-7-13-26(14-8-23)31-40-27(21-42-16-15-35)18-29(41-31)25-11-9-24(20-36)10-12-25/h2-14,27-29,31,35-36H,15-21H2,1H3,(H2,33,34,38)/t27-,28+,29+,31+/m1/s1. The molecule has 0 radical (unpaired) electrons. The van der Waals surface area contributed by atoms with Crippen molar-refractivity contribution in [3.63, 3.8) is 0 Å². The maximum atomic E-state index is 12.6. The summed E-state index contributed by atoms with van der Waals surface area (Å²) in [7, 11) is 1.30. The third-order valence-electron chi connectivity index (χ3n) is 6.93. The first kappa shape index (κ1) is 31.5. The Balaban J connectivity index is 1.36. The lowest BCUT2D eigenvalue weighted by Gasteiger charge is -2.36. The van der Waals surface area contributed by atoms with Gasteiger partial charge in [0.05, 0.1) is 32.5 Å². The number of hydrogen-bond donors (Lipinski definition) is 4. The number of carbonyl (C=O) groups is 2. The Kier molecular flexibility index (Phi) is 12.2. The molecule has 224 valence electrons. The van der Waals surface area contributed by atoms with E-state index in [1.165, 1.54) is 7.11 Å². The first-order valence-electron chi connectivity index (χ1n) is 13.9. The molecule has 3 aromatic rings. The number of urea groups is 1. The van der Waals surface area contributed by atoms with Gasteiger partial charge in [-0.3, -0.25) is 0 Å². The van der Waals surface area contributed by atoms with Crippen LogP contribution in [0, 0.1) is 0 Å². The minimum absolute atomic E-state index is 0.0135. The second-order valence-corrected chi connectivity index (χ2v) is 11.1. The molecule has 0 unspecified atom stereocenters. The van der Waals surface area contributed by atoms with Crippen molar-refractivity contribution < 1.29 is 34.0 Å². The van der Waals surface area contributed by atoms with Crippen molar-refractivity contribution >= 4 is 23.8 Å². The van der Waals surface area contributed by atoms with Gasteiger partial charge in [-0.1, -0.05) is 78.9 Å². The predicted molar refractivity (Wildman–Crippen MR) is 161 cm³/mol. The number of aliphatic hydroxyl groups is 2. The van der Waals surface area contributed by atoms with Crippen molar-refractivity contribution in [2.75, 3.05) is 25.2 Å². The molecule has 3 aromatic carbocycles. The van der Waals surface area contributed by atoms with Gasteiger partial charge in [0.25, 0.3) is 0 Å². The van der Waals surface area contributed by atoms with E-state index in [1.54, 1.807) is 11.8 Å². The van der Waals surface area contributed by atoms with Crippen LogP contribution in [0.3, 0.4) is 0 Å². The second-order valence-electron chi connectivity index (χ2n) is 9.98. The molecular weight excluding hydrogens is 556 g/mol. The Bertz CT molecular complexity index is 1260. The summed E-state index contributed by atoms with van der Waals surface area (Å²) in [6.45, 7) is 0.367. The predicted octanol–water partition coefficient (Wildman–Crippen LogP) is 4.03. The van der Waals surface area contributed by atoms with Crippen LogP contribution in [0.2, 0.25) is 0 Å². The molecule has 4 N–H and O–H groups in total. The zero-order valence-electron chi connectivity index (χ0n) is 23.6. The van der Waals surface area contributed by atoms with Crippen LogP contribution in [0.5, 0.6) is 0 Å². The fourth-order valence-corrected chi connectivity index (χ4v) is 5.44. The molecule has 4 atom stereocenters. The first-order chi connectivity index (χ1) is 20.5. The van der Waals surface area contributed by atoms with Crippen LogP contribution in [0.4, 0.5) is 4.79 Å². The van der Waals surface area contributed by atoms with Crippen LogP contribution in [0.25, 0.3) is 0 Å². The average molecular weight is 595 g/mol. The van der Waals surface area contributed by atoms with Gasteiger partial charge in [0.2, 0.25) is 0 Å². The average Bonchev–Trinajstić information content (AvgIpc) is 3.04. The Labute approximate surface area is 250 Å². The summed E-state index contributed by atoms with van der Waals surface area (Å²) in [5.41, 5.74) is 4.49. The molecule has 0 aromatic heterocycles. The van der Waals surface area contributed by atoms with Gasteiger partial charge in [0.15, 0.2) is 6.29 Å². The zero-order chi connectivity index (χ0) is 29.7. The molecule has 1 saturated heterocycles. The van der Waals surface area contributed by atoms with Gasteiger partial charge >= 0.3 is 12.0 Å². The Hall–Kier alpha value is -3.41. The zero-order valence-corrected chi connectivity index (χ0v) is 24.4. The fourth-order valence-electron chi connectivity index (χ4n) is 4.67. The summed E-state index contributed by atoms with van der Waals surface area (Å²) >= 11 is 1.64. The molecule has 42 heavy (non-hydrogen) atoms. The number of rotatable bonds is 13. The maximum absolute atomic E-state index is 12.6. The van der Waals surface area contributed by atoms with Gasteiger partial charge in [-0.05, 0) is 22.3 Å². The minimum Gasteiger partial charge on any atom is -0.467 e. The summed E-state index contributed by atoms with van der Waals surface area (Å²) in [6.07, 6.45) is 0.182. The highest BCUT2D eigenvalue weighted by Crippen LogP contribution is 2.38. The third kappa shape index (κ3) is 9.30. The van der Waals surface area contributed by atoms with Gasteiger partial charge in [-0.15, -0.1) is 0 Å². The summed E-state index contributed by atoms with van der Waals surface area (Å²) in [4.78, 5) is 24.8. The summed E-state index contributed by atoms with van der Waals surface area (Å²) in [5, 5.41) is 24.1. The lowest BCUT2D eigenvalue weighted by atomic mass is 10.0. The number of amides is 2. The number of thioether (sulfide) groups is 1.